The molecule has 1 aromatic heterocycles. The number of nitrogens with zero attached hydrogens (tertiary/aromatic N) is 1. The molecule has 1 amide bonds. The van der Waals surface area contributed by atoms with Gasteiger partial charge in [0, 0.05) is 6.20 Å². The van der Waals surface area contributed by atoms with Crippen LogP contribution in [0.25, 0.3) is 0 Å². The van der Waals surface area contributed by atoms with Crippen molar-refractivity contribution in [2.45, 2.75) is 0 Å². The highest BCUT2D eigenvalue weighted by Crippen LogP contribution is 2.11. The Morgan fingerprint density at radius 1 is 1.12 bits per heavy atom. The van der Waals surface area contributed by atoms with Crippen LogP contribution in [0.1, 0.15) is 10.4 Å². The average Bonchev–Trinajstić information content (AvgIpc) is 2.38. The lowest BCUT2D eigenvalue weighted by Gasteiger charge is -2.08. The van der Waals surface area contributed by atoms with Crippen LogP contribution in [0.5, 0.6) is 0 Å². The summed E-state index contributed by atoms with van der Waals surface area (Å²) in [6, 6.07) is 12.6. The molecule has 0 radical (unpaired) electrons. The molecule has 0 aliphatic carbocycles. The molecular formula is C12H10ClN3O. The van der Waals surface area contributed by atoms with E-state index in [1.165, 1.54) is 6.20 Å². The number of benzene rings is 1. The van der Waals surface area contributed by atoms with E-state index in [9.17, 15) is 4.79 Å². The number of hydrogen-bond donors (Lipinski definition) is 2. The van der Waals surface area contributed by atoms with Crippen LogP contribution in [0.2, 0.25) is 5.15 Å². The molecule has 0 unspecified atom stereocenters. The number of hydrogen-bond acceptors (Lipinski definition) is 3. The van der Waals surface area contributed by atoms with E-state index in [0.717, 1.165) is 5.69 Å². The summed E-state index contributed by atoms with van der Waals surface area (Å²) in [7, 11) is 0. The van der Waals surface area contributed by atoms with Gasteiger partial charge in [-0.3, -0.25) is 15.6 Å². The number of halogens is 1. The third-order valence-electron chi connectivity index (χ3n) is 2.10. The molecule has 0 spiro atoms. The summed E-state index contributed by atoms with van der Waals surface area (Å²) in [6.07, 6.45) is 1.53. The van der Waals surface area contributed by atoms with Gasteiger partial charge in [-0.15, -0.1) is 0 Å². The molecule has 1 aromatic carbocycles. The topological polar surface area (TPSA) is 54.0 Å². The molecule has 0 saturated heterocycles. The van der Waals surface area contributed by atoms with Crippen molar-refractivity contribution in [3.05, 3.63) is 59.4 Å². The van der Waals surface area contributed by atoms with Crippen LogP contribution in [0, 0.1) is 0 Å². The summed E-state index contributed by atoms with van der Waals surface area (Å²) in [5.74, 6) is -0.327. The Kier molecular flexibility index (Phi) is 3.57. The quantitative estimate of drug-likeness (QED) is 0.647. The number of para-hydroxylation sites is 1. The van der Waals surface area contributed by atoms with Crippen LogP contribution < -0.4 is 10.9 Å². The summed E-state index contributed by atoms with van der Waals surface area (Å²) in [4.78, 5) is 15.6. The van der Waals surface area contributed by atoms with Gasteiger partial charge in [0.25, 0.3) is 5.91 Å². The summed E-state index contributed by atoms with van der Waals surface area (Å²) < 4.78 is 0. The molecule has 17 heavy (non-hydrogen) atoms. The third kappa shape index (κ3) is 2.95. The minimum atomic E-state index is -0.327. The van der Waals surface area contributed by atoms with Gasteiger partial charge < -0.3 is 0 Å². The standard InChI is InChI=1S/C12H10ClN3O/c13-11-10(7-4-8-14-11)12(17)16-15-9-5-2-1-3-6-9/h1-8,15H,(H,16,17). The molecule has 2 aromatic rings. The first-order valence-electron chi connectivity index (χ1n) is 4.99. The van der Waals surface area contributed by atoms with Crippen molar-refractivity contribution in [2.24, 2.45) is 0 Å². The second-order valence-corrected chi connectivity index (χ2v) is 3.64. The van der Waals surface area contributed by atoms with Crippen molar-refractivity contribution >= 4 is 23.2 Å². The molecule has 5 heteroatoms. The van der Waals surface area contributed by atoms with E-state index < -0.39 is 0 Å². The van der Waals surface area contributed by atoms with Gasteiger partial charge in [-0.05, 0) is 24.3 Å². The van der Waals surface area contributed by atoms with Crippen LogP contribution in [0.4, 0.5) is 5.69 Å². The Morgan fingerprint density at radius 3 is 2.59 bits per heavy atom. The molecule has 2 rings (SSSR count). The zero-order chi connectivity index (χ0) is 12.1. The smallest absolute Gasteiger partial charge is 0.272 e. The van der Waals surface area contributed by atoms with Crippen LogP contribution >= 0.6 is 11.6 Å². The van der Waals surface area contributed by atoms with E-state index in [2.05, 4.69) is 15.8 Å². The average molecular weight is 248 g/mol. The van der Waals surface area contributed by atoms with E-state index >= 15 is 0 Å². The zero-order valence-electron chi connectivity index (χ0n) is 8.85. The second-order valence-electron chi connectivity index (χ2n) is 3.29. The van der Waals surface area contributed by atoms with Crippen molar-refractivity contribution in [3.8, 4) is 0 Å². The van der Waals surface area contributed by atoms with Gasteiger partial charge in [-0.25, -0.2) is 4.98 Å². The zero-order valence-corrected chi connectivity index (χ0v) is 9.61. The lowest BCUT2D eigenvalue weighted by Crippen LogP contribution is -2.29. The fourth-order valence-electron chi connectivity index (χ4n) is 1.27. The maximum Gasteiger partial charge on any atom is 0.272 e. The lowest BCUT2D eigenvalue weighted by atomic mass is 10.3. The summed E-state index contributed by atoms with van der Waals surface area (Å²) in [6.45, 7) is 0. The Balaban J connectivity index is 2.01. The number of pyridine rings is 1. The van der Waals surface area contributed by atoms with Gasteiger partial charge >= 0.3 is 0 Å². The van der Waals surface area contributed by atoms with Crippen molar-refractivity contribution in [3.63, 3.8) is 0 Å². The van der Waals surface area contributed by atoms with Crippen LogP contribution in [0.3, 0.4) is 0 Å². The van der Waals surface area contributed by atoms with Gasteiger partial charge in [-0.2, -0.15) is 0 Å². The molecule has 86 valence electrons. The van der Waals surface area contributed by atoms with Crippen molar-refractivity contribution in [2.75, 3.05) is 5.43 Å². The molecule has 0 bridgehead atoms. The van der Waals surface area contributed by atoms with Crippen LogP contribution in [-0.2, 0) is 0 Å². The monoisotopic (exact) mass is 247 g/mol. The van der Waals surface area contributed by atoms with Gasteiger partial charge in [0.05, 0.1) is 11.3 Å². The first-order chi connectivity index (χ1) is 8.27. The van der Waals surface area contributed by atoms with Crippen LogP contribution in [-0.4, -0.2) is 10.9 Å². The van der Waals surface area contributed by atoms with Gasteiger partial charge in [0.15, 0.2) is 0 Å². The number of hydrazine groups is 1. The summed E-state index contributed by atoms with van der Waals surface area (Å²) in [5.41, 5.74) is 6.45. The molecule has 0 saturated carbocycles. The lowest BCUT2D eigenvalue weighted by molar-refractivity contribution is 0.0962. The normalized spacial score (nSPS) is 9.71. The largest absolute Gasteiger partial charge is 0.298 e. The van der Waals surface area contributed by atoms with Crippen LogP contribution in [0.15, 0.2) is 48.7 Å². The molecular weight excluding hydrogens is 238 g/mol. The highest BCUT2D eigenvalue weighted by Gasteiger charge is 2.09. The Hall–Kier alpha value is -2.07. The van der Waals surface area contributed by atoms with Crippen molar-refractivity contribution < 1.29 is 4.79 Å². The maximum absolute atomic E-state index is 11.7. The highest BCUT2D eigenvalue weighted by atomic mass is 35.5. The van der Waals surface area contributed by atoms with E-state index in [0.29, 0.717) is 5.56 Å². The first kappa shape index (κ1) is 11.4. The summed E-state index contributed by atoms with van der Waals surface area (Å²) >= 11 is 5.80. The van der Waals surface area contributed by atoms with Crippen molar-refractivity contribution in [1.82, 2.24) is 10.4 Å². The molecule has 0 aliphatic rings. The third-order valence-corrected chi connectivity index (χ3v) is 2.40. The Morgan fingerprint density at radius 2 is 1.88 bits per heavy atom. The summed E-state index contributed by atoms with van der Waals surface area (Å²) in [5, 5.41) is 0.180. The number of carbonyl (C=O) groups excluding carboxylic acids is 1. The van der Waals surface area contributed by atoms with Gasteiger partial charge in [0.2, 0.25) is 0 Å². The molecule has 4 nitrogen and oxygen atoms in total. The molecule has 0 aliphatic heterocycles. The number of aromatic nitrogens is 1. The van der Waals surface area contributed by atoms with Gasteiger partial charge in [0.1, 0.15) is 5.15 Å². The molecule has 0 fully saturated rings. The fraction of sp³-hybridized carbons (Fsp3) is 0. The fourth-order valence-corrected chi connectivity index (χ4v) is 1.48. The van der Waals surface area contributed by atoms with Crippen molar-refractivity contribution in [1.29, 1.82) is 0 Å². The number of carbonyl (C=O) groups is 1. The van der Waals surface area contributed by atoms with E-state index in [1.807, 2.05) is 30.3 Å². The number of amides is 1. The predicted octanol–water partition coefficient (Wildman–Crippen LogP) is 2.49. The molecule has 2 N–H and O–H groups in total. The van der Waals surface area contributed by atoms with Gasteiger partial charge in [-0.1, -0.05) is 29.8 Å². The predicted molar refractivity (Wildman–Crippen MR) is 66.8 cm³/mol. The highest BCUT2D eigenvalue weighted by molar-refractivity contribution is 6.32. The minimum absolute atomic E-state index is 0.180. The first-order valence-corrected chi connectivity index (χ1v) is 5.37. The van der Waals surface area contributed by atoms with E-state index in [1.54, 1.807) is 12.1 Å². The van der Waals surface area contributed by atoms with E-state index in [4.69, 9.17) is 11.6 Å². The Labute approximate surface area is 104 Å². The SMILES string of the molecule is O=C(NNc1ccccc1)c1cccnc1Cl. The number of rotatable bonds is 3. The molecule has 0 atom stereocenters. The maximum atomic E-state index is 11.7. The number of nitrogens with one attached hydrogen (secondary N) is 2. The Bertz CT molecular complexity index is 516. The number of anilines is 1. The van der Waals surface area contributed by atoms with E-state index in [-0.39, 0.29) is 11.1 Å². The second kappa shape index (κ2) is 5.32. The molecule has 1 heterocycles. The minimum Gasteiger partial charge on any atom is -0.298 e.